The minimum atomic E-state index is 0.621. The van der Waals surface area contributed by atoms with E-state index >= 15 is 0 Å². The van der Waals surface area contributed by atoms with Crippen LogP contribution in [0, 0.1) is 0 Å². The zero-order chi connectivity index (χ0) is 24.6. The van der Waals surface area contributed by atoms with Crippen LogP contribution in [0.5, 0.6) is 0 Å². The van der Waals surface area contributed by atoms with Gasteiger partial charge < -0.3 is 0 Å². The molecular formula is C31H19N5S. The minimum absolute atomic E-state index is 0.621. The van der Waals surface area contributed by atoms with E-state index in [0.29, 0.717) is 11.5 Å². The quantitative estimate of drug-likeness (QED) is 0.251. The van der Waals surface area contributed by atoms with Crippen molar-refractivity contribution >= 4 is 55.0 Å². The summed E-state index contributed by atoms with van der Waals surface area (Å²) in [5.41, 5.74) is 6.62. The second-order valence-corrected chi connectivity index (χ2v) is 9.69. The SMILES string of the molecule is C(=C\c1ncc2cc3sc4nnc(-c5ccccc5)c(-c5ccccc5)c4c3nc2n1)/c1ccccc1. The molecule has 0 spiro atoms. The zero-order valence-corrected chi connectivity index (χ0v) is 20.4. The van der Waals surface area contributed by atoms with Crippen LogP contribution in [0.1, 0.15) is 11.4 Å². The van der Waals surface area contributed by atoms with Crippen LogP contribution in [0.4, 0.5) is 0 Å². The molecule has 4 aromatic heterocycles. The van der Waals surface area contributed by atoms with Gasteiger partial charge in [0, 0.05) is 28.1 Å². The van der Waals surface area contributed by atoms with Crippen LogP contribution in [0.2, 0.25) is 0 Å². The third-order valence-corrected chi connectivity index (χ3v) is 7.28. The van der Waals surface area contributed by atoms with Crippen LogP contribution < -0.4 is 0 Å². The molecule has 0 saturated heterocycles. The van der Waals surface area contributed by atoms with Gasteiger partial charge in [-0.25, -0.2) is 15.0 Å². The Labute approximate surface area is 216 Å². The van der Waals surface area contributed by atoms with Gasteiger partial charge in [-0.3, -0.25) is 0 Å². The van der Waals surface area contributed by atoms with E-state index in [-0.39, 0.29) is 0 Å². The van der Waals surface area contributed by atoms with E-state index in [2.05, 4.69) is 45.5 Å². The molecule has 37 heavy (non-hydrogen) atoms. The monoisotopic (exact) mass is 493 g/mol. The van der Waals surface area contributed by atoms with Crippen LogP contribution in [0.15, 0.2) is 103 Å². The Morgan fingerprint density at radius 1 is 0.676 bits per heavy atom. The third kappa shape index (κ3) is 3.93. The first-order chi connectivity index (χ1) is 18.3. The van der Waals surface area contributed by atoms with E-state index in [9.17, 15) is 0 Å². The molecule has 0 unspecified atom stereocenters. The fourth-order valence-corrected chi connectivity index (χ4v) is 5.55. The Kier molecular flexibility index (Phi) is 5.22. The molecule has 4 heterocycles. The first-order valence-electron chi connectivity index (χ1n) is 11.9. The summed E-state index contributed by atoms with van der Waals surface area (Å²) in [6.07, 6.45) is 5.76. The molecular weight excluding hydrogens is 474 g/mol. The number of rotatable bonds is 4. The summed E-state index contributed by atoms with van der Waals surface area (Å²) in [5.74, 6) is 0.621. The summed E-state index contributed by atoms with van der Waals surface area (Å²) >= 11 is 1.60. The average Bonchev–Trinajstić information content (AvgIpc) is 3.33. The molecule has 0 fully saturated rings. The van der Waals surface area contributed by atoms with Crippen molar-refractivity contribution < 1.29 is 0 Å². The minimum Gasteiger partial charge on any atom is -0.236 e. The van der Waals surface area contributed by atoms with Gasteiger partial charge in [-0.15, -0.1) is 21.5 Å². The lowest BCUT2D eigenvalue weighted by atomic mass is 9.97. The van der Waals surface area contributed by atoms with Crippen LogP contribution >= 0.6 is 11.3 Å². The van der Waals surface area contributed by atoms with E-state index in [1.165, 1.54) is 0 Å². The normalized spacial score (nSPS) is 11.7. The molecule has 5 nitrogen and oxygen atoms in total. The number of benzene rings is 3. The predicted molar refractivity (Wildman–Crippen MR) is 152 cm³/mol. The Morgan fingerprint density at radius 2 is 1.38 bits per heavy atom. The lowest BCUT2D eigenvalue weighted by Crippen LogP contribution is -1.94. The lowest BCUT2D eigenvalue weighted by Gasteiger charge is -2.10. The molecule has 0 saturated carbocycles. The van der Waals surface area contributed by atoms with Crippen LogP contribution in [0.3, 0.4) is 0 Å². The first kappa shape index (κ1) is 21.5. The number of pyridine rings is 1. The summed E-state index contributed by atoms with van der Waals surface area (Å²) in [6.45, 7) is 0. The highest BCUT2D eigenvalue weighted by Gasteiger charge is 2.20. The summed E-state index contributed by atoms with van der Waals surface area (Å²) in [6, 6.07) is 32.8. The van der Waals surface area contributed by atoms with Crippen molar-refractivity contribution in [3.8, 4) is 22.4 Å². The highest BCUT2D eigenvalue weighted by atomic mass is 32.1. The van der Waals surface area contributed by atoms with Crippen molar-refractivity contribution in [2.45, 2.75) is 0 Å². The van der Waals surface area contributed by atoms with Crippen LogP contribution in [-0.4, -0.2) is 25.1 Å². The number of aromatic nitrogens is 5. The third-order valence-electron chi connectivity index (χ3n) is 6.27. The maximum Gasteiger partial charge on any atom is 0.163 e. The Balaban J connectivity index is 1.47. The zero-order valence-electron chi connectivity index (χ0n) is 19.6. The van der Waals surface area contributed by atoms with Crippen molar-refractivity contribution in [1.82, 2.24) is 25.1 Å². The molecule has 0 aliphatic heterocycles. The van der Waals surface area contributed by atoms with Crippen molar-refractivity contribution in [1.29, 1.82) is 0 Å². The number of hydrogen-bond donors (Lipinski definition) is 0. The smallest absolute Gasteiger partial charge is 0.163 e. The van der Waals surface area contributed by atoms with Gasteiger partial charge in [0.15, 0.2) is 11.5 Å². The predicted octanol–water partition coefficient (Wildman–Crippen LogP) is 7.69. The first-order valence-corrected chi connectivity index (χ1v) is 12.8. The van der Waals surface area contributed by atoms with Crippen molar-refractivity contribution in [2.24, 2.45) is 0 Å². The second-order valence-electron chi connectivity index (χ2n) is 8.66. The maximum atomic E-state index is 5.06. The van der Waals surface area contributed by atoms with Gasteiger partial charge in [0.1, 0.15) is 10.5 Å². The Bertz CT molecular complexity index is 1910. The molecule has 0 N–H and O–H groups in total. The van der Waals surface area contributed by atoms with Gasteiger partial charge in [0.25, 0.3) is 0 Å². The average molecular weight is 494 g/mol. The summed E-state index contributed by atoms with van der Waals surface area (Å²) in [5, 5.41) is 11.2. The largest absolute Gasteiger partial charge is 0.236 e. The van der Waals surface area contributed by atoms with E-state index < -0.39 is 0 Å². The second kappa shape index (κ2) is 9.00. The molecule has 174 valence electrons. The number of thiophene rings is 1. The fraction of sp³-hybridized carbons (Fsp3) is 0. The Hall–Kier alpha value is -4.81. The van der Waals surface area contributed by atoms with E-state index in [0.717, 1.165) is 53.8 Å². The van der Waals surface area contributed by atoms with E-state index in [1.807, 2.05) is 85.1 Å². The van der Waals surface area contributed by atoms with Crippen LogP contribution in [0.25, 0.3) is 66.0 Å². The molecule has 0 aliphatic carbocycles. The van der Waals surface area contributed by atoms with E-state index in [4.69, 9.17) is 9.97 Å². The standard InChI is InChI=1S/C31H19N5S/c1-4-10-20(11-5-1)16-17-25-32-19-23-18-24-29(34-30(23)33-25)27-26(21-12-6-2-7-13-21)28(35-36-31(27)37-24)22-14-8-3-9-15-22/h1-19H/b17-16+. The molecule has 6 heteroatoms. The summed E-state index contributed by atoms with van der Waals surface area (Å²) < 4.78 is 1.04. The molecule has 3 aromatic carbocycles. The molecule has 0 aliphatic rings. The van der Waals surface area contributed by atoms with Gasteiger partial charge in [-0.1, -0.05) is 97.1 Å². The fourth-order valence-electron chi connectivity index (χ4n) is 4.53. The molecule has 0 radical (unpaired) electrons. The van der Waals surface area contributed by atoms with Gasteiger partial charge in [-0.2, -0.15) is 0 Å². The topological polar surface area (TPSA) is 64.5 Å². The number of hydrogen-bond acceptors (Lipinski definition) is 6. The molecule has 0 amide bonds. The van der Waals surface area contributed by atoms with Crippen molar-refractivity contribution in [3.63, 3.8) is 0 Å². The van der Waals surface area contributed by atoms with Crippen molar-refractivity contribution in [2.75, 3.05) is 0 Å². The van der Waals surface area contributed by atoms with Gasteiger partial charge in [0.2, 0.25) is 0 Å². The molecule has 0 atom stereocenters. The highest BCUT2D eigenvalue weighted by molar-refractivity contribution is 7.25. The Morgan fingerprint density at radius 3 is 2.14 bits per heavy atom. The molecule has 0 bridgehead atoms. The van der Waals surface area contributed by atoms with E-state index in [1.54, 1.807) is 11.3 Å². The van der Waals surface area contributed by atoms with Crippen LogP contribution in [-0.2, 0) is 0 Å². The lowest BCUT2D eigenvalue weighted by molar-refractivity contribution is 1.09. The number of fused-ring (bicyclic) bond motifs is 4. The molecule has 7 rings (SSSR count). The van der Waals surface area contributed by atoms with Gasteiger partial charge in [0.05, 0.1) is 10.2 Å². The van der Waals surface area contributed by atoms with Crippen molar-refractivity contribution in [3.05, 3.63) is 115 Å². The van der Waals surface area contributed by atoms with Gasteiger partial charge >= 0.3 is 0 Å². The summed E-state index contributed by atoms with van der Waals surface area (Å²) in [7, 11) is 0. The highest BCUT2D eigenvalue weighted by Crippen LogP contribution is 2.42. The van der Waals surface area contributed by atoms with Gasteiger partial charge in [-0.05, 0) is 23.3 Å². The summed E-state index contributed by atoms with van der Waals surface area (Å²) in [4.78, 5) is 15.2. The number of nitrogens with zero attached hydrogens (tertiary/aromatic N) is 5. The maximum absolute atomic E-state index is 5.06. The molecule has 7 aromatic rings.